The van der Waals surface area contributed by atoms with Crippen molar-refractivity contribution in [1.29, 1.82) is 0 Å². The monoisotopic (exact) mass is 272 g/mol. The first kappa shape index (κ1) is 14.4. The van der Waals surface area contributed by atoms with E-state index in [9.17, 15) is 4.79 Å². The van der Waals surface area contributed by atoms with Crippen molar-refractivity contribution in [2.75, 3.05) is 6.54 Å². The Bertz CT molecular complexity index is 523. The van der Waals surface area contributed by atoms with Crippen LogP contribution in [0.3, 0.4) is 0 Å². The van der Waals surface area contributed by atoms with E-state index in [1.807, 2.05) is 32.9 Å². The number of aromatic nitrogens is 1. The van der Waals surface area contributed by atoms with Crippen molar-refractivity contribution >= 4 is 6.09 Å². The summed E-state index contributed by atoms with van der Waals surface area (Å²) in [5, 5.41) is 0. The molecular formula is C16H20N2O2. The summed E-state index contributed by atoms with van der Waals surface area (Å²) in [7, 11) is 0. The van der Waals surface area contributed by atoms with Gasteiger partial charge >= 0.3 is 6.09 Å². The first-order valence-electron chi connectivity index (χ1n) is 6.87. The highest BCUT2D eigenvalue weighted by Gasteiger charge is 2.30. The molecule has 0 bridgehead atoms. The van der Waals surface area contributed by atoms with Crippen molar-refractivity contribution in [3.63, 3.8) is 0 Å². The van der Waals surface area contributed by atoms with Gasteiger partial charge in [-0.3, -0.25) is 9.88 Å². The van der Waals surface area contributed by atoms with Gasteiger partial charge < -0.3 is 4.74 Å². The van der Waals surface area contributed by atoms with Crippen molar-refractivity contribution in [3.05, 3.63) is 30.1 Å². The molecule has 2 rings (SSSR count). The van der Waals surface area contributed by atoms with Crippen molar-refractivity contribution < 1.29 is 9.53 Å². The number of rotatable bonds is 0. The van der Waals surface area contributed by atoms with Crippen LogP contribution in [0.25, 0.3) is 0 Å². The molecule has 1 aromatic heterocycles. The third-order valence-electron chi connectivity index (χ3n) is 2.93. The smallest absolute Gasteiger partial charge is 0.411 e. The van der Waals surface area contributed by atoms with E-state index >= 15 is 0 Å². The largest absolute Gasteiger partial charge is 0.444 e. The van der Waals surface area contributed by atoms with Crippen molar-refractivity contribution in [2.24, 2.45) is 0 Å². The molecule has 1 aliphatic heterocycles. The molecule has 2 heterocycles. The van der Waals surface area contributed by atoms with Gasteiger partial charge in [0.15, 0.2) is 0 Å². The molecule has 0 aliphatic carbocycles. The van der Waals surface area contributed by atoms with Gasteiger partial charge in [-0.15, -0.1) is 0 Å². The molecule has 1 aromatic rings. The maximum absolute atomic E-state index is 12.1. The van der Waals surface area contributed by atoms with E-state index in [0.717, 1.165) is 18.4 Å². The van der Waals surface area contributed by atoms with Crippen LogP contribution in [0.15, 0.2) is 24.5 Å². The lowest BCUT2D eigenvalue weighted by Gasteiger charge is -2.26. The number of likely N-dealkylation sites (tertiary alicyclic amines) is 1. The molecular weight excluding hydrogens is 252 g/mol. The number of hydrogen-bond acceptors (Lipinski definition) is 3. The van der Waals surface area contributed by atoms with Gasteiger partial charge in [0.05, 0.1) is 6.04 Å². The number of carbonyl (C=O) groups excluding carboxylic acids is 1. The van der Waals surface area contributed by atoms with Gasteiger partial charge in [0.25, 0.3) is 0 Å². The van der Waals surface area contributed by atoms with E-state index in [4.69, 9.17) is 4.74 Å². The highest BCUT2D eigenvalue weighted by molar-refractivity contribution is 5.69. The van der Waals surface area contributed by atoms with Crippen LogP contribution in [0.2, 0.25) is 0 Å². The molecule has 1 aliphatic rings. The van der Waals surface area contributed by atoms with Crippen LogP contribution in [-0.2, 0) is 4.74 Å². The SMILES string of the molecule is CC(C)(C)OC(=O)N1CCCC1C#Cc1cccnc1. The molecule has 0 radical (unpaired) electrons. The maximum Gasteiger partial charge on any atom is 0.411 e. The predicted octanol–water partition coefficient (Wildman–Crippen LogP) is 2.83. The topological polar surface area (TPSA) is 42.4 Å². The average Bonchev–Trinajstić information content (AvgIpc) is 2.84. The molecule has 4 heteroatoms. The summed E-state index contributed by atoms with van der Waals surface area (Å²) < 4.78 is 5.41. The fraction of sp³-hybridized carbons (Fsp3) is 0.500. The number of nitrogens with zero attached hydrogens (tertiary/aromatic N) is 2. The summed E-state index contributed by atoms with van der Waals surface area (Å²) in [5.74, 6) is 6.22. The number of hydrogen-bond donors (Lipinski definition) is 0. The summed E-state index contributed by atoms with van der Waals surface area (Å²) in [4.78, 5) is 17.8. The van der Waals surface area contributed by atoms with E-state index in [1.165, 1.54) is 0 Å². The van der Waals surface area contributed by atoms with Gasteiger partial charge in [-0.25, -0.2) is 4.79 Å². The zero-order valence-corrected chi connectivity index (χ0v) is 12.2. The molecule has 106 valence electrons. The number of amides is 1. The van der Waals surface area contributed by atoms with Crippen LogP contribution < -0.4 is 0 Å². The Morgan fingerprint density at radius 1 is 1.50 bits per heavy atom. The lowest BCUT2D eigenvalue weighted by atomic mass is 10.2. The lowest BCUT2D eigenvalue weighted by Crippen LogP contribution is -2.39. The van der Waals surface area contributed by atoms with Crippen LogP contribution in [0.1, 0.15) is 39.2 Å². The van der Waals surface area contributed by atoms with E-state index in [-0.39, 0.29) is 12.1 Å². The van der Waals surface area contributed by atoms with Gasteiger partial charge in [-0.05, 0) is 45.7 Å². The fourth-order valence-corrected chi connectivity index (χ4v) is 2.06. The van der Waals surface area contributed by atoms with Gasteiger partial charge in [0, 0.05) is 24.5 Å². The first-order chi connectivity index (χ1) is 9.46. The van der Waals surface area contributed by atoms with Gasteiger partial charge in [-0.1, -0.05) is 11.8 Å². The number of pyridine rings is 1. The van der Waals surface area contributed by atoms with Gasteiger partial charge in [-0.2, -0.15) is 0 Å². The predicted molar refractivity (Wildman–Crippen MR) is 77.1 cm³/mol. The van der Waals surface area contributed by atoms with Crippen LogP contribution >= 0.6 is 0 Å². The maximum atomic E-state index is 12.1. The van der Waals surface area contributed by atoms with E-state index in [0.29, 0.717) is 6.54 Å². The highest BCUT2D eigenvalue weighted by atomic mass is 16.6. The zero-order valence-electron chi connectivity index (χ0n) is 12.2. The summed E-state index contributed by atoms with van der Waals surface area (Å²) in [6.07, 6.45) is 5.02. The fourth-order valence-electron chi connectivity index (χ4n) is 2.06. The van der Waals surface area contributed by atoms with Gasteiger partial charge in [0.1, 0.15) is 5.60 Å². The molecule has 1 saturated heterocycles. The molecule has 1 atom stereocenters. The second-order valence-corrected chi connectivity index (χ2v) is 5.84. The standard InChI is InChI=1S/C16H20N2O2/c1-16(2,3)20-15(19)18-11-5-7-14(18)9-8-13-6-4-10-17-12-13/h4,6,10,12,14H,5,7,11H2,1-3H3. The molecule has 1 amide bonds. The molecule has 0 spiro atoms. The van der Waals surface area contributed by atoms with E-state index in [2.05, 4.69) is 16.8 Å². The Kier molecular flexibility index (Phi) is 4.29. The molecule has 0 saturated carbocycles. The third kappa shape index (κ3) is 3.99. The highest BCUT2D eigenvalue weighted by Crippen LogP contribution is 2.20. The normalized spacial score (nSPS) is 18.4. The Hall–Kier alpha value is -2.02. The Morgan fingerprint density at radius 3 is 2.95 bits per heavy atom. The summed E-state index contributed by atoms with van der Waals surface area (Å²) >= 11 is 0. The molecule has 1 fully saturated rings. The molecule has 1 unspecified atom stereocenters. The number of carbonyl (C=O) groups is 1. The van der Waals surface area contributed by atoms with Crippen LogP contribution in [-0.4, -0.2) is 34.2 Å². The summed E-state index contributed by atoms with van der Waals surface area (Å²) in [6.45, 7) is 6.33. The van der Waals surface area contributed by atoms with Crippen LogP contribution in [0.5, 0.6) is 0 Å². The Labute approximate surface area is 120 Å². The van der Waals surface area contributed by atoms with Crippen molar-refractivity contribution in [2.45, 2.75) is 45.3 Å². The zero-order chi connectivity index (χ0) is 14.6. The lowest BCUT2D eigenvalue weighted by molar-refractivity contribution is 0.0261. The number of ether oxygens (including phenoxy) is 1. The molecule has 20 heavy (non-hydrogen) atoms. The average molecular weight is 272 g/mol. The van der Waals surface area contributed by atoms with Crippen LogP contribution in [0.4, 0.5) is 4.79 Å². The Morgan fingerprint density at radius 2 is 2.30 bits per heavy atom. The minimum absolute atomic E-state index is 0.0648. The molecule has 4 nitrogen and oxygen atoms in total. The van der Waals surface area contributed by atoms with Crippen molar-refractivity contribution in [3.8, 4) is 11.8 Å². The first-order valence-corrected chi connectivity index (χ1v) is 6.87. The second kappa shape index (κ2) is 5.96. The summed E-state index contributed by atoms with van der Waals surface area (Å²) in [5.41, 5.74) is 0.393. The van der Waals surface area contributed by atoms with E-state index in [1.54, 1.807) is 17.3 Å². The van der Waals surface area contributed by atoms with Crippen molar-refractivity contribution in [1.82, 2.24) is 9.88 Å². The minimum Gasteiger partial charge on any atom is -0.444 e. The van der Waals surface area contributed by atoms with Gasteiger partial charge in [0.2, 0.25) is 0 Å². The minimum atomic E-state index is -0.471. The quantitative estimate of drug-likeness (QED) is 0.682. The molecule has 0 aromatic carbocycles. The summed E-state index contributed by atoms with van der Waals surface area (Å²) in [6, 6.07) is 3.70. The second-order valence-electron chi connectivity index (χ2n) is 5.84. The Balaban J connectivity index is 2.05. The molecule has 0 N–H and O–H groups in total. The van der Waals surface area contributed by atoms with E-state index < -0.39 is 5.60 Å². The van der Waals surface area contributed by atoms with Crippen LogP contribution in [0, 0.1) is 11.8 Å². The third-order valence-corrected chi connectivity index (χ3v) is 2.93.